The normalized spacial score (nSPS) is 12.9. The standard InChI is InChI=1S/C35H37N3O3/c1-3-26-13-17-30(18-14-26)38(33(39)22-24-37-23-21-28-11-7-8-12-32(28)37)34(29-15-19-31(41-2)20-16-29)35(40)36-25-27-9-5-4-6-10-27/h4-20,34H,3,21-25H2,1-2H3,(H,36,40)/t34-/m1/s1. The molecule has 0 bridgehead atoms. The lowest BCUT2D eigenvalue weighted by atomic mass is 10.0. The second-order valence-corrected chi connectivity index (χ2v) is 10.3. The first kappa shape index (κ1) is 28.0. The molecular formula is C35H37N3O3. The number of hydrogen-bond acceptors (Lipinski definition) is 4. The van der Waals surface area contributed by atoms with E-state index in [1.165, 1.54) is 16.8 Å². The van der Waals surface area contributed by atoms with E-state index < -0.39 is 6.04 Å². The number of benzene rings is 4. The van der Waals surface area contributed by atoms with Crippen LogP contribution in [0.5, 0.6) is 5.75 Å². The van der Waals surface area contributed by atoms with Gasteiger partial charge in [0, 0.05) is 37.4 Å². The number of ether oxygens (including phenoxy) is 1. The number of para-hydroxylation sites is 1. The van der Waals surface area contributed by atoms with E-state index in [-0.39, 0.29) is 18.2 Å². The summed E-state index contributed by atoms with van der Waals surface area (Å²) in [6.45, 7) is 3.94. The number of carbonyl (C=O) groups is 2. The predicted octanol–water partition coefficient (Wildman–Crippen LogP) is 6.10. The molecule has 2 amide bonds. The van der Waals surface area contributed by atoms with Crippen LogP contribution in [0, 0.1) is 0 Å². The third kappa shape index (κ3) is 6.60. The van der Waals surface area contributed by atoms with Gasteiger partial charge in [0.15, 0.2) is 0 Å². The Morgan fingerprint density at radius 3 is 2.29 bits per heavy atom. The third-order valence-electron chi connectivity index (χ3n) is 7.72. The molecule has 210 valence electrons. The van der Waals surface area contributed by atoms with E-state index in [0.717, 1.165) is 30.5 Å². The number of fused-ring (bicyclic) bond motifs is 1. The summed E-state index contributed by atoms with van der Waals surface area (Å²) >= 11 is 0. The fourth-order valence-electron chi connectivity index (χ4n) is 5.40. The molecule has 0 saturated heterocycles. The molecular weight excluding hydrogens is 510 g/mol. The number of nitrogens with one attached hydrogen (secondary N) is 1. The minimum Gasteiger partial charge on any atom is -0.497 e. The van der Waals surface area contributed by atoms with E-state index >= 15 is 0 Å². The first-order chi connectivity index (χ1) is 20.1. The monoisotopic (exact) mass is 547 g/mol. The smallest absolute Gasteiger partial charge is 0.248 e. The van der Waals surface area contributed by atoms with E-state index in [2.05, 4.69) is 35.3 Å². The first-order valence-corrected chi connectivity index (χ1v) is 14.3. The molecule has 1 N–H and O–H groups in total. The van der Waals surface area contributed by atoms with Crippen molar-refractivity contribution in [2.24, 2.45) is 0 Å². The Morgan fingerprint density at radius 1 is 0.878 bits per heavy atom. The van der Waals surface area contributed by atoms with Crippen LogP contribution in [0.1, 0.15) is 41.6 Å². The molecule has 1 aliphatic heterocycles. The molecule has 6 nitrogen and oxygen atoms in total. The molecule has 0 fully saturated rings. The number of aryl methyl sites for hydroxylation is 1. The highest BCUT2D eigenvalue weighted by atomic mass is 16.5. The number of methoxy groups -OCH3 is 1. The number of rotatable bonds is 11. The lowest BCUT2D eigenvalue weighted by molar-refractivity contribution is -0.126. The van der Waals surface area contributed by atoms with Crippen LogP contribution >= 0.6 is 0 Å². The van der Waals surface area contributed by atoms with Gasteiger partial charge in [0.05, 0.1) is 7.11 Å². The summed E-state index contributed by atoms with van der Waals surface area (Å²) in [5.74, 6) is 0.350. The van der Waals surface area contributed by atoms with Gasteiger partial charge in [-0.3, -0.25) is 14.5 Å². The maximum atomic E-state index is 14.2. The van der Waals surface area contributed by atoms with Gasteiger partial charge in [-0.25, -0.2) is 0 Å². The van der Waals surface area contributed by atoms with Crippen molar-refractivity contribution in [2.45, 2.75) is 38.8 Å². The zero-order chi connectivity index (χ0) is 28.6. The molecule has 1 heterocycles. The molecule has 0 aromatic heterocycles. The average Bonchev–Trinajstić information content (AvgIpc) is 3.45. The second-order valence-electron chi connectivity index (χ2n) is 10.3. The van der Waals surface area contributed by atoms with Crippen LogP contribution in [-0.4, -0.2) is 32.0 Å². The highest BCUT2D eigenvalue weighted by molar-refractivity contribution is 6.01. The summed E-state index contributed by atoms with van der Waals surface area (Å²) < 4.78 is 5.37. The molecule has 0 spiro atoms. The summed E-state index contributed by atoms with van der Waals surface area (Å²) in [7, 11) is 1.61. The van der Waals surface area contributed by atoms with Crippen LogP contribution in [0.4, 0.5) is 11.4 Å². The molecule has 0 saturated carbocycles. The highest BCUT2D eigenvalue weighted by Crippen LogP contribution is 2.32. The highest BCUT2D eigenvalue weighted by Gasteiger charge is 2.33. The Kier molecular flexibility index (Phi) is 8.99. The van der Waals surface area contributed by atoms with Gasteiger partial charge in [-0.1, -0.05) is 79.7 Å². The Morgan fingerprint density at radius 2 is 1.59 bits per heavy atom. The molecule has 0 unspecified atom stereocenters. The van der Waals surface area contributed by atoms with Crippen LogP contribution in [0.3, 0.4) is 0 Å². The Labute approximate surface area is 242 Å². The number of amides is 2. The minimum absolute atomic E-state index is 0.102. The van der Waals surface area contributed by atoms with Crippen LogP contribution in [0.2, 0.25) is 0 Å². The van der Waals surface area contributed by atoms with Crippen molar-refractivity contribution in [1.29, 1.82) is 0 Å². The molecule has 6 heteroatoms. The summed E-state index contributed by atoms with van der Waals surface area (Å²) in [5, 5.41) is 3.09. The van der Waals surface area contributed by atoms with E-state index in [4.69, 9.17) is 4.74 Å². The summed E-state index contributed by atoms with van der Waals surface area (Å²) in [6, 6.07) is 32.6. The maximum Gasteiger partial charge on any atom is 0.248 e. The van der Waals surface area contributed by atoms with Gasteiger partial charge < -0.3 is 15.0 Å². The lowest BCUT2D eigenvalue weighted by Crippen LogP contribution is -2.44. The van der Waals surface area contributed by atoms with Gasteiger partial charge in [0.2, 0.25) is 11.8 Å². The van der Waals surface area contributed by atoms with Gasteiger partial charge in [-0.2, -0.15) is 0 Å². The minimum atomic E-state index is -0.851. The van der Waals surface area contributed by atoms with Crippen molar-refractivity contribution in [3.63, 3.8) is 0 Å². The van der Waals surface area contributed by atoms with Gasteiger partial charge in [0.25, 0.3) is 0 Å². The molecule has 1 aliphatic rings. The lowest BCUT2D eigenvalue weighted by Gasteiger charge is -2.32. The summed E-state index contributed by atoms with van der Waals surface area (Å²) in [4.78, 5) is 32.1. The summed E-state index contributed by atoms with van der Waals surface area (Å²) in [5.41, 5.74) is 6.08. The molecule has 41 heavy (non-hydrogen) atoms. The van der Waals surface area contributed by atoms with E-state index in [1.54, 1.807) is 12.0 Å². The van der Waals surface area contributed by atoms with Gasteiger partial charge >= 0.3 is 0 Å². The van der Waals surface area contributed by atoms with Crippen molar-refractivity contribution in [3.8, 4) is 5.75 Å². The quantitative estimate of drug-likeness (QED) is 0.246. The predicted molar refractivity (Wildman–Crippen MR) is 164 cm³/mol. The van der Waals surface area contributed by atoms with Crippen LogP contribution < -0.4 is 19.9 Å². The zero-order valence-electron chi connectivity index (χ0n) is 23.8. The molecule has 4 aromatic rings. The van der Waals surface area contributed by atoms with Crippen molar-refractivity contribution in [1.82, 2.24) is 5.32 Å². The van der Waals surface area contributed by atoms with E-state index in [9.17, 15) is 9.59 Å². The average molecular weight is 548 g/mol. The first-order valence-electron chi connectivity index (χ1n) is 14.3. The molecule has 5 rings (SSSR count). The van der Waals surface area contributed by atoms with E-state index in [0.29, 0.717) is 24.5 Å². The number of hydrogen-bond donors (Lipinski definition) is 1. The molecule has 0 radical (unpaired) electrons. The van der Waals surface area contributed by atoms with Gasteiger partial charge in [-0.05, 0) is 65.4 Å². The number of anilines is 2. The van der Waals surface area contributed by atoms with Gasteiger partial charge in [-0.15, -0.1) is 0 Å². The van der Waals surface area contributed by atoms with Crippen LogP contribution in [-0.2, 0) is 29.0 Å². The van der Waals surface area contributed by atoms with Gasteiger partial charge in [0.1, 0.15) is 11.8 Å². The topological polar surface area (TPSA) is 61.9 Å². The second kappa shape index (κ2) is 13.2. The number of carbonyl (C=O) groups excluding carboxylic acids is 2. The molecule has 4 aromatic carbocycles. The van der Waals surface area contributed by atoms with E-state index in [1.807, 2.05) is 84.9 Å². The Hall–Kier alpha value is -4.58. The third-order valence-corrected chi connectivity index (χ3v) is 7.72. The number of nitrogens with zero attached hydrogens (tertiary/aromatic N) is 2. The van der Waals surface area contributed by atoms with Crippen LogP contribution in [0.15, 0.2) is 103 Å². The fourth-order valence-corrected chi connectivity index (χ4v) is 5.40. The SMILES string of the molecule is CCc1ccc(N(C(=O)CCN2CCc3ccccc32)[C@@H](C(=O)NCc2ccccc2)c2ccc(OC)cc2)cc1. The largest absolute Gasteiger partial charge is 0.497 e. The fraction of sp³-hybridized carbons (Fsp3) is 0.257. The van der Waals surface area contributed by atoms with Crippen LogP contribution in [0.25, 0.3) is 0 Å². The van der Waals surface area contributed by atoms with Crippen molar-refractivity contribution in [3.05, 3.63) is 125 Å². The molecule has 0 aliphatic carbocycles. The Bertz CT molecular complexity index is 1450. The maximum absolute atomic E-state index is 14.2. The zero-order valence-corrected chi connectivity index (χ0v) is 23.8. The summed E-state index contributed by atoms with van der Waals surface area (Å²) in [6.07, 6.45) is 2.15. The van der Waals surface area contributed by atoms with Crippen molar-refractivity contribution >= 4 is 23.2 Å². The Balaban J connectivity index is 1.47. The van der Waals surface area contributed by atoms with Crippen molar-refractivity contribution in [2.75, 3.05) is 30.0 Å². The molecule has 1 atom stereocenters. The van der Waals surface area contributed by atoms with Crippen molar-refractivity contribution < 1.29 is 14.3 Å².